The second kappa shape index (κ2) is 11.4. The van der Waals surface area contributed by atoms with Crippen molar-refractivity contribution in [3.63, 3.8) is 0 Å². The van der Waals surface area contributed by atoms with Gasteiger partial charge in [-0.25, -0.2) is 9.07 Å². The van der Waals surface area contributed by atoms with E-state index in [2.05, 4.69) is 24.2 Å². The molecule has 0 unspecified atom stereocenters. The quantitative estimate of drug-likeness (QED) is 0.388. The predicted molar refractivity (Wildman–Crippen MR) is 124 cm³/mol. The fourth-order valence-electron chi connectivity index (χ4n) is 3.29. The third-order valence-electron chi connectivity index (χ3n) is 5.34. The van der Waals surface area contributed by atoms with Gasteiger partial charge in [0.15, 0.2) is 0 Å². The molecule has 33 heavy (non-hydrogen) atoms. The minimum atomic E-state index is -0.804. The number of alkyl halides is 2. The van der Waals surface area contributed by atoms with Crippen molar-refractivity contribution < 1.29 is 24.1 Å². The molecular weight excluding hydrogens is 449 g/mol. The van der Waals surface area contributed by atoms with Crippen LogP contribution >= 0.6 is 11.6 Å². The normalized spacial score (nSPS) is 13.5. The van der Waals surface area contributed by atoms with Gasteiger partial charge in [-0.2, -0.15) is 0 Å². The molecule has 2 aromatic carbocycles. The summed E-state index contributed by atoms with van der Waals surface area (Å²) >= 11 is 5.59. The van der Waals surface area contributed by atoms with Gasteiger partial charge in [-0.05, 0) is 35.4 Å². The fraction of sp³-hybridized carbons (Fsp3) is 0.417. The molecule has 0 aliphatic heterocycles. The van der Waals surface area contributed by atoms with Crippen LogP contribution in [0.2, 0.25) is 0 Å². The predicted octanol–water partition coefficient (Wildman–Crippen LogP) is 3.49. The van der Waals surface area contributed by atoms with Gasteiger partial charge in [-0.3, -0.25) is 0 Å². The van der Waals surface area contributed by atoms with Crippen LogP contribution in [0.4, 0.5) is 4.39 Å². The molecule has 0 amide bonds. The molecule has 0 saturated carbocycles. The van der Waals surface area contributed by atoms with E-state index in [1.165, 1.54) is 10.9 Å². The second-order valence-electron chi connectivity index (χ2n) is 8.32. The average Bonchev–Trinajstić information content (AvgIpc) is 3.29. The Labute approximate surface area is 197 Å². The van der Waals surface area contributed by atoms with Gasteiger partial charge in [0.2, 0.25) is 0 Å². The van der Waals surface area contributed by atoms with Crippen molar-refractivity contribution in [2.45, 2.75) is 44.7 Å². The molecule has 0 bridgehead atoms. The summed E-state index contributed by atoms with van der Waals surface area (Å²) in [5.74, 6) is 1.44. The first-order valence-electron chi connectivity index (χ1n) is 10.7. The van der Waals surface area contributed by atoms with Gasteiger partial charge >= 0.3 is 0 Å². The molecule has 178 valence electrons. The summed E-state index contributed by atoms with van der Waals surface area (Å²) < 4.78 is 25.2. The molecule has 0 saturated heterocycles. The number of benzene rings is 2. The minimum Gasteiger partial charge on any atom is -0.491 e. The van der Waals surface area contributed by atoms with Gasteiger partial charge in [-0.15, -0.1) is 16.7 Å². The number of aromatic nitrogens is 3. The van der Waals surface area contributed by atoms with Crippen LogP contribution in [0, 0.1) is 0 Å². The number of aliphatic hydroxyl groups excluding tert-OH is 2. The van der Waals surface area contributed by atoms with Gasteiger partial charge in [0.1, 0.15) is 49.3 Å². The van der Waals surface area contributed by atoms with Crippen molar-refractivity contribution in [1.29, 1.82) is 0 Å². The molecule has 9 heteroatoms. The third kappa shape index (κ3) is 6.90. The Hall–Kier alpha value is -2.68. The summed E-state index contributed by atoms with van der Waals surface area (Å²) in [7, 11) is 0. The van der Waals surface area contributed by atoms with E-state index in [1.54, 1.807) is 0 Å². The molecule has 3 aromatic rings. The van der Waals surface area contributed by atoms with Gasteiger partial charge in [-0.1, -0.05) is 43.3 Å². The number of halogens is 2. The van der Waals surface area contributed by atoms with Crippen molar-refractivity contribution >= 4 is 11.6 Å². The van der Waals surface area contributed by atoms with Crippen LogP contribution in [-0.4, -0.2) is 56.5 Å². The molecule has 0 aliphatic rings. The Morgan fingerprint density at radius 1 is 0.939 bits per heavy atom. The first-order valence-corrected chi connectivity index (χ1v) is 11.2. The van der Waals surface area contributed by atoms with Crippen molar-refractivity contribution in [2.24, 2.45) is 0 Å². The summed E-state index contributed by atoms with van der Waals surface area (Å²) in [5.41, 5.74) is 2.18. The lowest BCUT2D eigenvalue weighted by Gasteiger charge is -2.26. The molecule has 3 rings (SSSR count). The van der Waals surface area contributed by atoms with E-state index in [0.717, 1.165) is 11.1 Å². The number of ether oxygens (including phenoxy) is 2. The SMILES string of the molecule is CC(C)(c1ccc(OC[C@H](O)CCl)cc1)c1ccc(OC[C@@H](O)Cn2cc(CF)nn2)cc1. The number of rotatable bonds is 12. The topological polar surface area (TPSA) is 89.6 Å². The lowest BCUT2D eigenvalue weighted by Crippen LogP contribution is -2.24. The third-order valence-corrected chi connectivity index (χ3v) is 5.69. The highest BCUT2D eigenvalue weighted by molar-refractivity contribution is 6.18. The van der Waals surface area contributed by atoms with E-state index < -0.39 is 18.9 Å². The van der Waals surface area contributed by atoms with E-state index in [1.807, 2.05) is 48.5 Å². The van der Waals surface area contributed by atoms with Crippen molar-refractivity contribution in [3.05, 3.63) is 71.5 Å². The maximum atomic E-state index is 12.5. The Balaban J connectivity index is 1.55. The van der Waals surface area contributed by atoms with E-state index in [9.17, 15) is 14.6 Å². The van der Waals surface area contributed by atoms with Crippen LogP contribution in [0.3, 0.4) is 0 Å². The van der Waals surface area contributed by atoms with Crippen LogP contribution in [0.25, 0.3) is 0 Å². The lowest BCUT2D eigenvalue weighted by molar-refractivity contribution is 0.0888. The maximum Gasteiger partial charge on any atom is 0.135 e. The second-order valence-corrected chi connectivity index (χ2v) is 8.63. The van der Waals surface area contributed by atoms with Gasteiger partial charge < -0.3 is 19.7 Å². The highest BCUT2D eigenvalue weighted by atomic mass is 35.5. The van der Waals surface area contributed by atoms with Crippen molar-refractivity contribution in [2.75, 3.05) is 19.1 Å². The van der Waals surface area contributed by atoms with Gasteiger partial charge in [0.05, 0.1) is 18.6 Å². The standard InChI is InChI=1S/C24H29ClFN3O4/c1-24(2,17-3-7-22(8-4-17)32-15-20(30)11-25)18-5-9-23(10-6-18)33-16-21(31)14-29-13-19(12-26)27-28-29/h3-10,13,20-21,30-31H,11-12,14-16H2,1-2H3/t20-,21+/m1/s1. The molecule has 2 atom stereocenters. The Morgan fingerprint density at radius 2 is 1.45 bits per heavy atom. The highest BCUT2D eigenvalue weighted by Crippen LogP contribution is 2.33. The summed E-state index contributed by atoms with van der Waals surface area (Å²) in [5, 5.41) is 27.1. The molecular formula is C24H29ClFN3O4. The number of nitrogens with zero attached hydrogens (tertiary/aromatic N) is 3. The van der Waals surface area contributed by atoms with Crippen LogP contribution in [0.15, 0.2) is 54.7 Å². The van der Waals surface area contributed by atoms with Crippen molar-refractivity contribution in [3.8, 4) is 11.5 Å². The van der Waals surface area contributed by atoms with Crippen LogP contribution in [0.1, 0.15) is 30.7 Å². The van der Waals surface area contributed by atoms with Gasteiger partial charge in [0, 0.05) is 5.41 Å². The molecule has 1 aromatic heterocycles. The smallest absolute Gasteiger partial charge is 0.135 e. The molecule has 0 aliphatic carbocycles. The first kappa shape index (κ1) is 25.0. The highest BCUT2D eigenvalue weighted by Gasteiger charge is 2.23. The average molecular weight is 478 g/mol. The summed E-state index contributed by atoms with van der Waals surface area (Å²) in [6.07, 6.45) is -0.0369. The summed E-state index contributed by atoms with van der Waals surface area (Å²) in [6, 6.07) is 15.5. The lowest BCUT2D eigenvalue weighted by atomic mass is 9.78. The zero-order valence-electron chi connectivity index (χ0n) is 18.7. The molecule has 0 fully saturated rings. The van der Waals surface area contributed by atoms with E-state index in [-0.39, 0.29) is 36.7 Å². The Kier molecular flexibility index (Phi) is 8.66. The zero-order chi connectivity index (χ0) is 23.8. The largest absolute Gasteiger partial charge is 0.491 e. The molecule has 7 nitrogen and oxygen atoms in total. The van der Waals surface area contributed by atoms with Crippen LogP contribution in [-0.2, 0) is 18.6 Å². The van der Waals surface area contributed by atoms with E-state index in [4.69, 9.17) is 21.1 Å². The summed E-state index contributed by atoms with van der Waals surface area (Å²) in [4.78, 5) is 0. The monoisotopic (exact) mass is 477 g/mol. The number of aliphatic hydroxyl groups is 2. The van der Waals surface area contributed by atoms with Crippen molar-refractivity contribution in [1.82, 2.24) is 15.0 Å². The Bertz CT molecular complexity index is 996. The Morgan fingerprint density at radius 3 is 1.91 bits per heavy atom. The molecule has 0 spiro atoms. The molecule has 1 heterocycles. The van der Waals surface area contributed by atoms with Crippen LogP contribution < -0.4 is 9.47 Å². The van der Waals surface area contributed by atoms with E-state index in [0.29, 0.717) is 11.5 Å². The fourth-order valence-corrected chi connectivity index (χ4v) is 3.38. The molecule has 2 N–H and O–H groups in total. The van der Waals surface area contributed by atoms with Crippen LogP contribution in [0.5, 0.6) is 11.5 Å². The zero-order valence-corrected chi connectivity index (χ0v) is 19.5. The van der Waals surface area contributed by atoms with Gasteiger partial charge in [0.25, 0.3) is 0 Å². The minimum absolute atomic E-state index is 0.0768. The number of hydrogen-bond donors (Lipinski definition) is 2. The van der Waals surface area contributed by atoms with E-state index >= 15 is 0 Å². The summed E-state index contributed by atoms with van der Waals surface area (Å²) in [6.45, 7) is 3.97. The number of hydrogen-bond acceptors (Lipinski definition) is 6. The molecule has 0 radical (unpaired) electrons. The maximum absolute atomic E-state index is 12.5. The first-order chi connectivity index (χ1) is 15.8.